The molecule has 0 atom stereocenters. The van der Waals surface area contributed by atoms with Crippen LogP contribution in [0.3, 0.4) is 0 Å². The van der Waals surface area contributed by atoms with Crippen LogP contribution in [0, 0.1) is 6.92 Å². The minimum Gasteiger partial charge on any atom is -0.406 e. The summed E-state index contributed by atoms with van der Waals surface area (Å²) in [5, 5.41) is 8.24. The predicted octanol–water partition coefficient (Wildman–Crippen LogP) is 4.77. The normalized spacial score (nSPS) is 11.6. The topological polar surface area (TPSA) is 64.9 Å². The number of anilines is 2. The number of ether oxygens (including phenoxy) is 1. The van der Waals surface area contributed by atoms with Crippen molar-refractivity contribution in [3.8, 4) is 11.4 Å². The van der Waals surface area contributed by atoms with Gasteiger partial charge in [0.25, 0.3) is 0 Å². The van der Waals surface area contributed by atoms with Crippen LogP contribution in [0.25, 0.3) is 16.7 Å². The Morgan fingerprint density at radius 1 is 1.00 bits per heavy atom. The second-order valence-corrected chi connectivity index (χ2v) is 6.02. The Morgan fingerprint density at radius 3 is 2.46 bits per heavy atom. The highest BCUT2D eigenvalue weighted by molar-refractivity contribution is 5.88. The fraction of sp³-hybridized carbons (Fsp3) is 0.105. The molecule has 0 aliphatic rings. The molecule has 0 saturated heterocycles. The van der Waals surface area contributed by atoms with E-state index in [4.69, 9.17) is 0 Å². The summed E-state index contributed by atoms with van der Waals surface area (Å²) in [7, 11) is 0. The van der Waals surface area contributed by atoms with E-state index in [0.717, 1.165) is 11.3 Å². The Balaban J connectivity index is 1.63. The van der Waals surface area contributed by atoms with E-state index < -0.39 is 6.36 Å². The minimum absolute atomic E-state index is 0.293. The quantitative estimate of drug-likeness (QED) is 0.548. The van der Waals surface area contributed by atoms with E-state index in [9.17, 15) is 13.2 Å². The van der Waals surface area contributed by atoms with E-state index in [1.54, 1.807) is 10.9 Å². The van der Waals surface area contributed by atoms with Gasteiger partial charge in [-0.05, 0) is 42.8 Å². The molecular formula is C19H14F3N5O. The molecular weight excluding hydrogens is 371 g/mol. The van der Waals surface area contributed by atoms with Crippen molar-refractivity contribution in [3.63, 3.8) is 0 Å². The van der Waals surface area contributed by atoms with Crippen molar-refractivity contribution >= 4 is 22.5 Å². The molecule has 9 heteroatoms. The molecule has 4 rings (SSSR count). The monoisotopic (exact) mass is 385 g/mol. The van der Waals surface area contributed by atoms with Gasteiger partial charge in [-0.3, -0.25) is 0 Å². The molecule has 6 nitrogen and oxygen atoms in total. The van der Waals surface area contributed by atoms with Crippen molar-refractivity contribution in [2.75, 3.05) is 5.32 Å². The highest BCUT2D eigenvalue weighted by Gasteiger charge is 2.30. The van der Waals surface area contributed by atoms with Crippen LogP contribution >= 0.6 is 0 Å². The molecule has 0 amide bonds. The number of aromatic nitrogens is 4. The fourth-order valence-corrected chi connectivity index (χ4v) is 2.76. The van der Waals surface area contributed by atoms with Gasteiger partial charge in [0.1, 0.15) is 17.9 Å². The van der Waals surface area contributed by atoms with Crippen LogP contribution in [0.5, 0.6) is 5.75 Å². The van der Waals surface area contributed by atoms with E-state index in [1.807, 2.05) is 31.2 Å². The first-order valence-electron chi connectivity index (χ1n) is 8.28. The van der Waals surface area contributed by atoms with E-state index in [-0.39, 0.29) is 5.75 Å². The Labute approximate surface area is 157 Å². The number of fused-ring (bicyclic) bond motifs is 1. The van der Waals surface area contributed by atoms with Gasteiger partial charge in [-0.25, -0.2) is 14.6 Å². The van der Waals surface area contributed by atoms with Crippen molar-refractivity contribution in [2.45, 2.75) is 13.3 Å². The summed E-state index contributed by atoms with van der Waals surface area (Å²) in [6.07, 6.45) is -1.54. The average Bonchev–Trinajstić information content (AvgIpc) is 3.07. The van der Waals surface area contributed by atoms with Gasteiger partial charge in [-0.1, -0.05) is 18.2 Å². The maximum Gasteiger partial charge on any atom is 0.573 e. The third kappa shape index (κ3) is 3.73. The van der Waals surface area contributed by atoms with Gasteiger partial charge in [-0.15, -0.1) is 18.3 Å². The lowest BCUT2D eigenvalue weighted by Gasteiger charge is -2.10. The van der Waals surface area contributed by atoms with Gasteiger partial charge >= 0.3 is 6.36 Å². The lowest BCUT2D eigenvalue weighted by molar-refractivity contribution is -0.274. The summed E-state index contributed by atoms with van der Waals surface area (Å²) in [5.74, 6) is 0.201. The van der Waals surface area contributed by atoms with Crippen molar-refractivity contribution in [3.05, 3.63) is 66.6 Å². The highest BCUT2D eigenvalue weighted by Crippen LogP contribution is 2.27. The lowest BCUT2D eigenvalue weighted by atomic mass is 10.2. The third-order valence-electron chi connectivity index (χ3n) is 4.03. The van der Waals surface area contributed by atoms with Crippen LogP contribution in [0.4, 0.5) is 24.7 Å². The van der Waals surface area contributed by atoms with Crippen LogP contribution in [-0.2, 0) is 0 Å². The Kier molecular flexibility index (Phi) is 4.34. The molecule has 0 fully saturated rings. The predicted molar refractivity (Wildman–Crippen MR) is 97.8 cm³/mol. The van der Waals surface area contributed by atoms with Crippen molar-refractivity contribution < 1.29 is 17.9 Å². The van der Waals surface area contributed by atoms with Crippen LogP contribution in [0.15, 0.2) is 61.1 Å². The van der Waals surface area contributed by atoms with Gasteiger partial charge in [0.05, 0.1) is 11.1 Å². The summed E-state index contributed by atoms with van der Waals surface area (Å²) < 4.78 is 42.4. The average molecular weight is 385 g/mol. The number of para-hydroxylation sites is 1. The Morgan fingerprint density at radius 2 is 1.75 bits per heavy atom. The maximum atomic E-state index is 12.3. The number of aryl methyl sites for hydroxylation is 1. The van der Waals surface area contributed by atoms with Crippen LogP contribution < -0.4 is 10.1 Å². The molecule has 2 heterocycles. The minimum atomic E-state index is -4.72. The second-order valence-electron chi connectivity index (χ2n) is 6.02. The summed E-state index contributed by atoms with van der Waals surface area (Å²) >= 11 is 0. The molecule has 142 valence electrons. The molecule has 0 radical (unpaired) electrons. The summed E-state index contributed by atoms with van der Waals surface area (Å²) in [6.45, 7) is 1.98. The van der Waals surface area contributed by atoms with Gasteiger partial charge < -0.3 is 10.1 Å². The number of halogens is 3. The Hall–Kier alpha value is -3.62. The van der Waals surface area contributed by atoms with Crippen LogP contribution in [0.1, 0.15) is 5.56 Å². The number of alkyl halides is 3. The number of hydrogen-bond donors (Lipinski definition) is 1. The number of nitrogens with zero attached hydrogens (tertiary/aromatic N) is 4. The standard InChI is InChI=1S/C19H14F3N5O/c1-12-4-2-3-5-16(12)27-10-15-17(23-11-24-18(15)26-27)25-13-6-8-14(9-7-13)28-19(20,21)22/h2-11H,1H3,(H,23,24,25,26). The van der Waals surface area contributed by atoms with Gasteiger partial charge in [0.2, 0.25) is 0 Å². The number of hydrogen-bond acceptors (Lipinski definition) is 5. The first kappa shape index (κ1) is 17.8. The zero-order valence-electron chi connectivity index (χ0n) is 14.6. The van der Waals surface area contributed by atoms with Crippen molar-refractivity contribution in [1.82, 2.24) is 19.7 Å². The molecule has 0 bridgehead atoms. The lowest BCUT2D eigenvalue weighted by Crippen LogP contribution is -2.16. The zero-order chi connectivity index (χ0) is 19.7. The number of benzene rings is 2. The number of nitrogens with one attached hydrogen (secondary N) is 1. The SMILES string of the molecule is Cc1ccccc1-n1cc2c(Nc3ccc(OC(F)(F)F)cc3)ncnc2n1. The summed E-state index contributed by atoms with van der Waals surface area (Å²) in [4.78, 5) is 8.41. The molecule has 0 spiro atoms. The van der Waals surface area contributed by atoms with Crippen molar-refractivity contribution in [1.29, 1.82) is 0 Å². The first-order valence-corrected chi connectivity index (χ1v) is 8.28. The van der Waals surface area contributed by atoms with E-state index in [2.05, 4.69) is 25.1 Å². The molecule has 28 heavy (non-hydrogen) atoms. The third-order valence-corrected chi connectivity index (χ3v) is 4.03. The van der Waals surface area contributed by atoms with Crippen LogP contribution in [0.2, 0.25) is 0 Å². The Bertz CT molecular complexity index is 1120. The summed E-state index contributed by atoms with van der Waals surface area (Å²) in [6, 6.07) is 13.2. The smallest absolute Gasteiger partial charge is 0.406 e. The fourth-order valence-electron chi connectivity index (χ4n) is 2.76. The van der Waals surface area contributed by atoms with Crippen molar-refractivity contribution in [2.24, 2.45) is 0 Å². The molecule has 2 aromatic carbocycles. The van der Waals surface area contributed by atoms with Crippen LogP contribution in [-0.4, -0.2) is 26.1 Å². The van der Waals surface area contributed by atoms with Gasteiger partial charge in [0.15, 0.2) is 5.65 Å². The van der Waals surface area contributed by atoms with E-state index in [1.165, 1.54) is 30.6 Å². The zero-order valence-corrected chi connectivity index (χ0v) is 14.6. The second kappa shape index (κ2) is 6.84. The highest BCUT2D eigenvalue weighted by atomic mass is 19.4. The molecule has 0 unspecified atom stereocenters. The number of rotatable bonds is 4. The van der Waals surface area contributed by atoms with E-state index in [0.29, 0.717) is 22.5 Å². The molecule has 0 aliphatic carbocycles. The molecule has 2 aromatic heterocycles. The largest absolute Gasteiger partial charge is 0.573 e. The molecule has 4 aromatic rings. The maximum absolute atomic E-state index is 12.3. The first-order chi connectivity index (χ1) is 13.4. The molecule has 0 saturated carbocycles. The van der Waals surface area contributed by atoms with E-state index >= 15 is 0 Å². The molecule has 0 aliphatic heterocycles. The van der Waals surface area contributed by atoms with Gasteiger partial charge in [-0.2, -0.15) is 0 Å². The van der Waals surface area contributed by atoms with Gasteiger partial charge in [0, 0.05) is 11.9 Å². The molecule has 1 N–H and O–H groups in total. The summed E-state index contributed by atoms with van der Waals surface area (Å²) in [5.41, 5.74) is 3.02.